The summed E-state index contributed by atoms with van der Waals surface area (Å²) in [6, 6.07) is 0. The topological polar surface area (TPSA) is 0 Å². The van der Waals surface area contributed by atoms with E-state index < -0.39 is 0 Å². The second-order valence-electron chi connectivity index (χ2n) is 5.23. The summed E-state index contributed by atoms with van der Waals surface area (Å²) in [5.41, 5.74) is 2.74. The predicted octanol–water partition coefficient (Wildman–Crippen LogP) is -0.551. The molecule has 2 aliphatic rings. The Balaban J connectivity index is -0.000000270. The number of hydrogen-bond donors (Lipinski definition) is 0. The second-order valence-corrected chi connectivity index (χ2v) is 5.23. The zero-order valence-corrected chi connectivity index (χ0v) is 17.5. The molecule has 2 aliphatic carbocycles. The fourth-order valence-electron chi connectivity index (χ4n) is 2.26. The van der Waals surface area contributed by atoms with Crippen LogP contribution in [0.3, 0.4) is 0 Å². The summed E-state index contributed by atoms with van der Waals surface area (Å²) in [6.45, 7) is 8.68. The van der Waals surface area contributed by atoms with Gasteiger partial charge >= 0.3 is 26.2 Å². The zero-order valence-electron chi connectivity index (χ0n) is 13.5. The Hall–Kier alpha value is 0.423. The summed E-state index contributed by atoms with van der Waals surface area (Å²) in [6.07, 6.45) is 20.3. The molecule has 0 aromatic carbocycles. The van der Waals surface area contributed by atoms with E-state index in [1.165, 1.54) is 36.8 Å². The van der Waals surface area contributed by atoms with E-state index in [9.17, 15) is 0 Å². The normalized spacial score (nSPS) is 21.1. The van der Waals surface area contributed by atoms with Crippen molar-refractivity contribution in [3.63, 3.8) is 0 Å². The standard InChI is InChI=1S/2C9H13.2ClH.Zr/c2*1-3-4-9-6-5-8(2)7-9;;;/h2*5,7,9H,3-4H2,1-2H3;2*1H;/q2*-1;;;+4/p-2. The third kappa shape index (κ3) is 11.6. The van der Waals surface area contributed by atoms with Gasteiger partial charge in [0.05, 0.1) is 0 Å². The minimum Gasteiger partial charge on any atom is -1.00 e. The molecule has 2 unspecified atom stereocenters. The van der Waals surface area contributed by atoms with Crippen molar-refractivity contribution in [3.05, 3.63) is 47.6 Å². The van der Waals surface area contributed by atoms with Gasteiger partial charge in [0, 0.05) is 0 Å². The molecule has 0 spiro atoms. The van der Waals surface area contributed by atoms with Gasteiger partial charge in [-0.05, 0) is 0 Å². The van der Waals surface area contributed by atoms with Crippen molar-refractivity contribution < 1.29 is 51.0 Å². The molecule has 0 aliphatic heterocycles. The minimum atomic E-state index is 0. The Morgan fingerprint density at radius 2 is 1.14 bits per heavy atom. The smallest absolute Gasteiger partial charge is 1.00 e. The van der Waals surface area contributed by atoms with Crippen LogP contribution in [-0.2, 0) is 26.2 Å². The van der Waals surface area contributed by atoms with Gasteiger partial charge < -0.3 is 24.8 Å². The molecule has 0 heterocycles. The fraction of sp³-hybridized carbons (Fsp3) is 0.556. The van der Waals surface area contributed by atoms with Crippen LogP contribution >= 0.6 is 0 Å². The van der Waals surface area contributed by atoms with Gasteiger partial charge in [0.1, 0.15) is 0 Å². The van der Waals surface area contributed by atoms with E-state index in [-0.39, 0.29) is 51.0 Å². The quantitative estimate of drug-likeness (QED) is 0.552. The molecule has 2 atom stereocenters. The van der Waals surface area contributed by atoms with E-state index in [1.807, 2.05) is 0 Å². The molecule has 0 aromatic heterocycles. The van der Waals surface area contributed by atoms with Crippen molar-refractivity contribution in [2.75, 3.05) is 0 Å². The molecule has 2 rings (SSSR count). The van der Waals surface area contributed by atoms with Crippen molar-refractivity contribution in [2.24, 2.45) is 11.8 Å². The molecule has 0 saturated carbocycles. The van der Waals surface area contributed by atoms with E-state index in [2.05, 4.69) is 64.2 Å². The first-order valence-electron chi connectivity index (χ1n) is 7.21. The van der Waals surface area contributed by atoms with Crippen molar-refractivity contribution in [1.29, 1.82) is 0 Å². The van der Waals surface area contributed by atoms with Crippen LogP contribution in [0.25, 0.3) is 0 Å². The number of rotatable bonds is 4. The van der Waals surface area contributed by atoms with Crippen LogP contribution < -0.4 is 24.8 Å². The molecule has 3 heteroatoms. The Bertz CT molecular complexity index is 331. The first-order chi connectivity index (χ1) is 8.65. The zero-order chi connectivity index (χ0) is 13.4. The third-order valence-electron chi connectivity index (χ3n) is 3.18. The van der Waals surface area contributed by atoms with Crippen LogP contribution in [0.5, 0.6) is 0 Å². The van der Waals surface area contributed by atoms with Crippen LogP contribution in [0.15, 0.2) is 35.5 Å². The molecule has 116 valence electrons. The van der Waals surface area contributed by atoms with E-state index in [0.717, 1.165) is 0 Å². The Morgan fingerprint density at radius 1 is 0.810 bits per heavy atom. The summed E-state index contributed by atoms with van der Waals surface area (Å²) >= 11 is 0. The fourth-order valence-corrected chi connectivity index (χ4v) is 2.26. The maximum atomic E-state index is 3.29. The molecule has 0 radical (unpaired) electrons. The summed E-state index contributed by atoms with van der Waals surface area (Å²) in [5, 5.41) is 0. The first kappa shape index (κ1) is 26.3. The van der Waals surface area contributed by atoms with Gasteiger partial charge in [-0.15, -0.1) is 13.8 Å². The van der Waals surface area contributed by atoms with Gasteiger partial charge in [0.25, 0.3) is 0 Å². The van der Waals surface area contributed by atoms with Crippen LogP contribution in [-0.4, -0.2) is 0 Å². The summed E-state index contributed by atoms with van der Waals surface area (Å²) < 4.78 is 0. The average Bonchev–Trinajstić information content (AvgIpc) is 2.90. The van der Waals surface area contributed by atoms with Crippen LogP contribution in [0, 0.1) is 24.0 Å². The van der Waals surface area contributed by atoms with Crippen molar-refractivity contribution in [1.82, 2.24) is 0 Å². The summed E-state index contributed by atoms with van der Waals surface area (Å²) in [7, 11) is 0. The van der Waals surface area contributed by atoms with E-state index in [0.29, 0.717) is 11.8 Å². The van der Waals surface area contributed by atoms with Gasteiger partial charge in [-0.2, -0.15) is 12.2 Å². The molecule has 0 bridgehead atoms. The van der Waals surface area contributed by atoms with Crippen molar-refractivity contribution in [3.8, 4) is 0 Å². The minimum absolute atomic E-state index is 0. The van der Waals surface area contributed by atoms with Crippen molar-refractivity contribution in [2.45, 2.75) is 53.4 Å². The number of halogens is 2. The van der Waals surface area contributed by atoms with E-state index >= 15 is 0 Å². The monoisotopic (exact) mass is 402 g/mol. The van der Waals surface area contributed by atoms with Crippen LogP contribution in [0.1, 0.15) is 53.4 Å². The van der Waals surface area contributed by atoms with Gasteiger partial charge in [-0.25, -0.2) is 23.3 Å². The van der Waals surface area contributed by atoms with Gasteiger partial charge in [0.2, 0.25) is 0 Å². The number of allylic oxidation sites excluding steroid dienone is 8. The third-order valence-corrected chi connectivity index (χ3v) is 3.18. The molecule has 0 saturated heterocycles. The molecule has 21 heavy (non-hydrogen) atoms. The van der Waals surface area contributed by atoms with Gasteiger partial charge in [-0.3, -0.25) is 12.2 Å². The van der Waals surface area contributed by atoms with Crippen molar-refractivity contribution >= 4 is 0 Å². The second kappa shape index (κ2) is 15.3. The molecular formula is C18H26Cl2Zr. The molecule has 0 aromatic rings. The predicted molar refractivity (Wildman–Crippen MR) is 79.9 cm³/mol. The van der Waals surface area contributed by atoms with Crippen LogP contribution in [0.2, 0.25) is 0 Å². The summed E-state index contributed by atoms with van der Waals surface area (Å²) in [4.78, 5) is 0. The Kier molecular flexibility index (Phi) is 19.2. The molecule has 0 nitrogen and oxygen atoms in total. The SMILES string of the molecule is CCCC1[C-]=CC(C)=C1.CCCC1[C-]=CC(C)=C1.[Cl-].[Cl-].[Zr+4]. The Labute approximate surface area is 163 Å². The molecule has 0 fully saturated rings. The number of hydrogen-bond acceptors (Lipinski definition) is 0. The first-order valence-corrected chi connectivity index (χ1v) is 7.21. The van der Waals surface area contributed by atoms with Gasteiger partial charge in [-0.1, -0.05) is 51.4 Å². The molecular weight excluding hydrogens is 378 g/mol. The summed E-state index contributed by atoms with van der Waals surface area (Å²) in [5.74, 6) is 1.24. The van der Waals surface area contributed by atoms with Crippen LogP contribution in [0.4, 0.5) is 0 Å². The maximum absolute atomic E-state index is 3.29. The largest absolute Gasteiger partial charge is 4.00 e. The maximum Gasteiger partial charge on any atom is 4.00 e. The van der Waals surface area contributed by atoms with E-state index in [1.54, 1.807) is 0 Å². The molecule has 0 N–H and O–H groups in total. The van der Waals surface area contributed by atoms with E-state index in [4.69, 9.17) is 0 Å². The Morgan fingerprint density at radius 3 is 1.33 bits per heavy atom. The average molecular weight is 405 g/mol. The van der Waals surface area contributed by atoms with Gasteiger partial charge in [0.15, 0.2) is 0 Å². The molecule has 0 amide bonds.